The van der Waals surface area contributed by atoms with Crippen molar-refractivity contribution < 1.29 is 32.5 Å². The Kier molecular flexibility index (Phi) is 10.5. The summed E-state index contributed by atoms with van der Waals surface area (Å²) in [5.41, 5.74) is 0.874. The Hall–Kier alpha value is -1.73. The van der Waals surface area contributed by atoms with Crippen LogP contribution in [-0.4, -0.2) is 100 Å². The minimum Gasteiger partial charge on any atom is -0.445 e. The van der Waals surface area contributed by atoms with Crippen LogP contribution in [0.5, 0.6) is 0 Å². The molecule has 0 aromatic carbocycles. The van der Waals surface area contributed by atoms with E-state index >= 15 is 0 Å². The molecule has 8 atom stereocenters. The van der Waals surface area contributed by atoms with E-state index in [1.807, 2.05) is 6.66 Å². The number of thioether (sulfide) groups is 1. The van der Waals surface area contributed by atoms with Crippen molar-refractivity contribution in [2.24, 2.45) is 22.7 Å². The summed E-state index contributed by atoms with van der Waals surface area (Å²) in [4.78, 5) is 17.8. The van der Waals surface area contributed by atoms with Crippen LogP contribution in [0.3, 0.4) is 0 Å². The zero-order valence-electron chi connectivity index (χ0n) is 23.9. The lowest BCUT2D eigenvalue weighted by Crippen LogP contribution is -2.52. The Morgan fingerprint density at radius 2 is 2.07 bits per heavy atom. The van der Waals surface area contributed by atoms with Gasteiger partial charge in [-0.3, -0.25) is 4.99 Å². The molecule has 4 heterocycles. The van der Waals surface area contributed by atoms with Gasteiger partial charge in [-0.2, -0.15) is 0 Å². The first-order valence-electron chi connectivity index (χ1n) is 14.5. The first-order chi connectivity index (χ1) is 20.1. The molecule has 0 spiro atoms. The molecule has 4 bridgehead atoms. The number of carbonyl (C=O) groups is 1. The summed E-state index contributed by atoms with van der Waals surface area (Å²) in [5, 5.41) is 17.9. The molecular weight excluding hydrogens is 599 g/mol. The van der Waals surface area contributed by atoms with E-state index in [4.69, 9.17) is 14.2 Å². The number of ether oxygens (including phenoxy) is 3. The van der Waals surface area contributed by atoms with E-state index in [9.17, 15) is 18.3 Å². The van der Waals surface area contributed by atoms with Gasteiger partial charge in [0.05, 0.1) is 56.8 Å². The number of hydrogen-bond donors (Lipinski definition) is 4. The smallest absolute Gasteiger partial charge is 0.407 e. The van der Waals surface area contributed by atoms with Gasteiger partial charge in [0.25, 0.3) is 0 Å². The Labute approximate surface area is 253 Å². The molecule has 42 heavy (non-hydrogen) atoms. The van der Waals surface area contributed by atoms with Crippen LogP contribution in [-0.2, 0) is 24.2 Å². The van der Waals surface area contributed by atoms with Gasteiger partial charge < -0.3 is 30.0 Å². The number of aliphatic hydroxyl groups excluding tert-OH is 1. The highest BCUT2D eigenvalue weighted by Gasteiger charge is 2.52. The van der Waals surface area contributed by atoms with Crippen molar-refractivity contribution in [3.8, 4) is 0 Å². The van der Waals surface area contributed by atoms with Crippen molar-refractivity contribution >= 4 is 46.9 Å². The third-order valence-electron chi connectivity index (χ3n) is 8.23. The van der Waals surface area contributed by atoms with Gasteiger partial charge in [0.2, 0.25) is 10.0 Å². The van der Waals surface area contributed by atoms with Crippen molar-refractivity contribution in [1.82, 2.24) is 15.4 Å². The molecule has 4 N–H and O–H groups in total. The van der Waals surface area contributed by atoms with Crippen molar-refractivity contribution in [2.45, 2.75) is 62.7 Å². The van der Waals surface area contributed by atoms with E-state index in [1.165, 1.54) is 6.08 Å². The molecule has 4 saturated heterocycles. The van der Waals surface area contributed by atoms with Gasteiger partial charge in [-0.25, -0.2) is 17.9 Å². The normalized spacial score (nSPS) is 32.8. The number of alkyl carbamates (subject to hydrolysis) is 1. The van der Waals surface area contributed by atoms with Crippen LogP contribution in [0.2, 0.25) is 0 Å². The van der Waals surface area contributed by atoms with Crippen molar-refractivity contribution in [3.05, 3.63) is 35.4 Å². The van der Waals surface area contributed by atoms with Crippen LogP contribution >= 0.6 is 19.3 Å². The SMILES string of the molecule is C=CC/C(=C\C=C1/CSC(=NC2CC2)N1)S(=O)(=O)NC[C@@H](O)[C@H](C[P+](=C)C)NC(=O)OC1C2CO[C@@H]3OC[C@@H]1CC[C@H]23. The molecule has 232 valence electrons. The number of nitrogens with zero attached hydrogens (tertiary/aromatic N) is 1. The summed E-state index contributed by atoms with van der Waals surface area (Å²) in [5.74, 6) is 1.11. The topological polar surface area (TPSA) is 148 Å². The quantitative estimate of drug-likeness (QED) is 0.176. The molecule has 6 fully saturated rings. The number of sulfonamides is 1. The van der Waals surface area contributed by atoms with Crippen LogP contribution in [0.1, 0.15) is 32.1 Å². The number of amides is 1. The zero-order valence-corrected chi connectivity index (χ0v) is 26.5. The van der Waals surface area contributed by atoms with E-state index in [0.717, 1.165) is 36.5 Å². The summed E-state index contributed by atoms with van der Waals surface area (Å²) in [6.45, 7) is 6.33. The number of amidine groups is 1. The molecule has 11 nitrogen and oxygen atoms in total. The van der Waals surface area contributed by atoms with Crippen molar-refractivity contribution in [2.75, 3.05) is 38.3 Å². The Balaban J connectivity index is 1.18. The van der Waals surface area contributed by atoms with Crippen LogP contribution in [0.15, 0.2) is 40.4 Å². The third-order valence-corrected chi connectivity index (χ3v) is 11.7. The van der Waals surface area contributed by atoms with Gasteiger partial charge in [-0.1, -0.05) is 17.8 Å². The minimum absolute atomic E-state index is 0.0912. The molecule has 0 radical (unpaired) electrons. The number of carbonyl (C=O) groups excluding carboxylic acids is 1. The molecule has 6 rings (SSSR count). The molecule has 2 saturated carbocycles. The molecule has 1 amide bonds. The predicted molar refractivity (Wildman–Crippen MR) is 167 cm³/mol. The molecule has 0 aromatic heterocycles. The molecule has 2 aliphatic carbocycles. The Morgan fingerprint density at radius 1 is 1.29 bits per heavy atom. The number of hydrogen-bond acceptors (Lipinski definition) is 9. The minimum atomic E-state index is -3.93. The molecule has 14 heteroatoms. The van der Waals surface area contributed by atoms with Crippen LogP contribution in [0.25, 0.3) is 0 Å². The maximum absolute atomic E-state index is 13.2. The molecule has 4 aliphatic heterocycles. The second kappa shape index (κ2) is 13.9. The molecule has 0 aromatic rings. The largest absolute Gasteiger partial charge is 0.445 e. The fraction of sp³-hybridized carbons (Fsp3) is 0.679. The fourth-order valence-electron chi connectivity index (χ4n) is 5.84. The van der Waals surface area contributed by atoms with Gasteiger partial charge in [0.15, 0.2) is 11.5 Å². The predicted octanol–water partition coefficient (Wildman–Crippen LogP) is 2.50. The lowest BCUT2D eigenvalue weighted by molar-refractivity contribution is -0.135. The first kappa shape index (κ1) is 31.7. The van der Waals surface area contributed by atoms with E-state index in [1.54, 1.807) is 23.9 Å². The Bertz CT molecular complexity index is 1250. The van der Waals surface area contributed by atoms with Gasteiger partial charge >= 0.3 is 6.09 Å². The van der Waals surface area contributed by atoms with Gasteiger partial charge in [0, 0.05) is 42.2 Å². The van der Waals surface area contributed by atoms with Crippen LogP contribution in [0, 0.1) is 17.8 Å². The van der Waals surface area contributed by atoms with E-state index in [-0.39, 0.29) is 48.0 Å². The van der Waals surface area contributed by atoms with Gasteiger partial charge in [-0.05, 0) is 37.8 Å². The van der Waals surface area contributed by atoms with E-state index < -0.39 is 35.8 Å². The second-order valence-corrected chi connectivity index (χ2v) is 16.5. The second-order valence-electron chi connectivity index (χ2n) is 11.7. The van der Waals surface area contributed by atoms with E-state index in [0.29, 0.717) is 31.2 Å². The highest BCUT2D eigenvalue weighted by Crippen LogP contribution is 2.46. The average Bonchev–Trinajstić information content (AvgIpc) is 3.58. The molecular formula is C28H42N4O7PS2+. The standard InChI is InChI=1S/C28H41N4O7PS2/c1-4-5-20(10-9-19-16-41-27(31-19)30-18-7-8-18)42(35,36)29-12-24(33)23(15-40(2)3)32-28(34)39-25-17-6-11-21-22(25)14-38-26(21)37-13-17/h4,9-10,17-18,21-26,29,33H,1-2,5-8,11-16H2,3H3,(H-,30,31,32,34)/p+1/b19-9+,20-10+/t17-,21+,22?,23-,24+,25?,26-/m0/s1. The average molecular weight is 642 g/mol. The maximum atomic E-state index is 13.2. The number of allylic oxidation sites excluding steroid dienone is 4. The number of nitrogens with one attached hydrogen (secondary N) is 3. The molecule has 3 unspecified atom stereocenters. The van der Waals surface area contributed by atoms with E-state index in [2.05, 4.69) is 33.2 Å². The Morgan fingerprint density at radius 3 is 2.81 bits per heavy atom. The van der Waals surface area contributed by atoms with Gasteiger partial charge in [0.1, 0.15) is 12.3 Å². The maximum Gasteiger partial charge on any atom is 0.407 e. The third kappa shape index (κ3) is 8.05. The summed E-state index contributed by atoms with van der Waals surface area (Å²) in [6.07, 6.45) is 11.2. The first-order valence-corrected chi connectivity index (χ1v) is 19.1. The number of fused-ring (bicyclic) bond motifs is 2. The number of aliphatic hydroxyl groups is 1. The number of rotatable bonds is 13. The van der Waals surface area contributed by atoms with Crippen molar-refractivity contribution in [1.29, 1.82) is 0 Å². The van der Waals surface area contributed by atoms with Crippen molar-refractivity contribution in [3.63, 3.8) is 0 Å². The highest BCUT2D eigenvalue weighted by atomic mass is 32.2. The lowest BCUT2D eigenvalue weighted by atomic mass is 9.74. The summed E-state index contributed by atoms with van der Waals surface area (Å²) >= 11 is 1.60. The summed E-state index contributed by atoms with van der Waals surface area (Å²) in [7, 11) is -4.69. The molecule has 6 aliphatic rings. The summed E-state index contributed by atoms with van der Waals surface area (Å²) in [6, 6.07) is -0.334. The summed E-state index contributed by atoms with van der Waals surface area (Å²) < 4.78 is 46.4. The lowest BCUT2D eigenvalue weighted by Gasteiger charge is -2.36. The zero-order chi connectivity index (χ0) is 29.9. The fourth-order valence-corrected chi connectivity index (χ4v) is 8.90. The van der Waals surface area contributed by atoms with Crippen LogP contribution in [0.4, 0.5) is 4.79 Å². The number of aliphatic imine (C=N–C) groups is 1. The highest BCUT2D eigenvalue weighted by molar-refractivity contribution is 8.14. The monoisotopic (exact) mass is 641 g/mol. The van der Waals surface area contributed by atoms with Gasteiger partial charge in [-0.15, -0.1) is 6.58 Å². The van der Waals surface area contributed by atoms with Crippen LogP contribution < -0.4 is 15.4 Å².